The molecule has 0 spiro atoms. The minimum atomic E-state index is -0.153. The Bertz CT molecular complexity index is 1440. The van der Waals surface area contributed by atoms with Gasteiger partial charge in [0.1, 0.15) is 6.33 Å². The highest BCUT2D eigenvalue weighted by Crippen LogP contribution is 2.25. The van der Waals surface area contributed by atoms with E-state index in [-0.39, 0.29) is 17.7 Å². The molecular formula is C27H25N5O2. The summed E-state index contributed by atoms with van der Waals surface area (Å²) >= 11 is 0. The molecule has 5 rings (SSSR count). The summed E-state index contributed by atoms with van der Waals surface area (Å²) < 4.78 is 7.28. The molecule has 0 aliphatic carbocycles. The highest BCUT2D eigenvalue weighted by molar-refractivity contribution is 5.91. The van der Waals surface area contributed by atoms with Crippen LogP contribution in [0.3, 0.4) is 0 Å². The molecule has 1 amide bonds. The number of pyridine rings is 1. The van der Waals surface area contributed by atoms with Gasteiger partial charge in [0.15, 0.2) is 0 Å². The largest absolute Gasteiger partial charge is 0.338 e. The summed E-state index contributed by atoms with van der Waals surface area (Å²) in [7, 11) is 0. The second-order valence-electron chi connectivity index (χ2n) is 9.25. The van der Waals surface area contributed by atoms with Gasteiger partial charge in [-0.1, -0.05) is 50.2 Å². The maximum atomic E-state index is 12.5. The van der Waals surface area contributed by atoms with Crippen LogP contribution in [0.2, 0.25) is 0 Å². The van der Waals surface area contributed by atoms with E-state index in [9.17, 15) is 4.79 Å². The molecular weight excluding hydrogens is 426 g/mol. The average Bonchev–Trinajstić information content (AvgIpc) is 3.47. The molecule has 1 N–H and O–H groups in total. The summed E-state index contributed by atoms with van der Waals surface area (Å²) in [6.45, 7) is 6.13. The van der Waals surface area contributed by atoms with Gasteiger partial charge in [-0.15, -0.1) is 0 Å². The third-order valence-corrected chi connectivity index (χ3v) is 5.63. The van der Waals surface area contributed by atoms with Crippen LogP contribution in [-0.4, -0.2) is 25.6 Å². The number of anilines is 1. The van der Waals surface area contributed by atoms with Crippen molar-refractivity contribution in [2.75, 3.05) is 5.32 Å². The topological polar surface area (TPSA) is 85.8 Å². The van der Waals surface area contributed by atoms with Crippen molar-refractivity contribution in [3.05, 3.63) is 90.5 Å². The fraction of sp³-hybridized carbons (Fsp3) is 0.185. The quantitative estimate of drug-likeness (QED) is 0.378. The van der Waals surface area contributed by atoms with Crippen LogP contribution in [0.4, 0.5) is 5.88 Å². The van der Waals surface area contributed by atoms with E-state index >= 15 is 0 Å². The van der Waals surface area contributed by atoms with E-state index in [1.54, 1.807) is 12.3 Å². The molecule has 3 heterocycles. The first-order valence-corrected chi connectivity index (χ1v) is 11.1. The minimum absolute atomic E-state index is 0.139. The van der Waals surface area contributed by atoms with Crippen molar-refractivity contribution >= 4 is 22.8 Å². The third-order valence-electron chi connectivity index (χ3n) is 5.63. The van der Waals surface area contributed by atoms with Crippen LogP contribution in [0.25, 0.3) is 28.0 Å². The minimum Gasteiger partial charge on any atom is -0.338 e. The zero-order valence-corrected chi connectivity index (χ0v) is 19.3. The number of nitrogens with zero attached hydrogens (tertiary/aromatic N) is 4. The Labute approximate surface area is 197 Å². The molecule has 2 aromatic carbocycles. The van der Waals surface area contributed by atoms with Gasteiger partial charge in [0, 0.05) is 28.9 Å². The maximum absolute atomic E-state index is 12.5. The van der Waals surface area contributed by atoms with Crippen LogP contribution < -0.4 is 5.32 Å². The Morgan fingerprint density at radius 2 is 1.82 bits per heavy atom. The van der Waals surface area contributed by atoms with Gasteiger partial charge in [0.2, 0.25) is 11.8 Å². The number of nitrogens with one attached hydrogen (secondary N) is 1. The van der Waals surface area contributed by atoms with E-state index in [1.807, 2.05) is 80.2 Å². The molecule has 0 aliphatic heterocycles. The summed E-state index contributed by atoms with van der Waals surface area (Å²) in [4.78, 5) is 21.4. The van der Waals surface area contributed by atoms with E-state index in [0.29, 0.717) is 5.88 Å². The molecule has 0 bridgehead atoms. The van der Waals surface area contributed by atoms with Crippen molar-refractivity contribution in [3.8, 4) is 16.9 Å². The monoisotopic (exact) mass is 451 g/mol. The predicted molar refractivity (Wildman–Crippen MR) is 132 cm³/mol. The molecule has 0 saturated heterocycles. The van der Waals surface area contributed by atoms with Crippen LogP contribution >= 0.6 is 0 Å². The second-order valence-corrected chi connectivity index (χ2v) is 9.25. The van der Waals surface area contributed by atoms with Crippen molar-refractivity contribution < 1.29 is 9.32 Å². The molecule has 0 unspecified atom stereocenters. The number of aromatic nitrogens is 4. The molecule has 0 radical (unpaired) electrons. The standard InChI is InChI=1S/C27H25N5O2/c1-27(2,3)24-16-26(34-31-24)30-25(33)14-18-7-10-20(11-8-18)32-17-29-22-15-19(9-12-23(22)32)21-6-4-5-13-28-21/h4-13,15-17H,14H2,1-3H3,(H,30,33). The molecule has 0 aliphatic rings. The highest BCUT2D eigenvalue weighted by atomic mass is 16.5. The molecule has 3 aromatic heterocycles. The van der Waals surface area contributed by atoms with E-state index in [4.69, 9.17) is 4.52 Å². The van der Waals surface area contributed by atoms with Crippen LogP contribution in [0.5, 0.6) is 0 Å². The third kappa shape index (κ3) is 4.45. The van der Waals surface area contributed by atoms with Crippen molar-refractivity contribution in [2.24, 2.45) is 0 Å². The second kappa shape index (κ2) is 8.59. The van der Waals surface area contributed by atoms with Gasteiger partial charge in [0.25, 0.3) is 0 Å². The first-order chi connectivity index (χ1) is 16.4. The summed E-state index contributed by atoms with van der Waals surface area (Å²) in [5.74, 6) is 0.209. The lowest BCUT2D eigenvalue weighted by Crippen LogP contribution is -2.14. The van der Waals surface area contributed by atoms with Gasteiger partial charge < -0.3 is 4.52 Å². The molecule has 7 heteroatoms. The van der Waals surface area contributed by atoms with Crippen molar-refractivity contribution in [1.29, 1.82) is 0 Å². The molecule has 170 valence electrons. The van der Waals surface area contributed by atoms with Gasteiger partial charge in [-0.3, -0.25) is 19.7 Å². The number of amides is 1. The molecule has 0 atom stereocenters. The van der Waals surface area contributed by atoms with E-state index in [1.165, 1.54) is 0 Å². The van der Waals surface area contributed by atoms with Gasteiger partial charge in [-0.05, 0) is 42.0 Å². The van der Waals surface area contributed by atoms with Gasteiger partial charge in [-0.25, -0.2) is 4.98 Å². The smallest absolute Gasteiger partial charge is 0.231 e. The van der Waals surface area contributed by atoms with Crippen LogP contribution in [-0.2, 0) is 16.6 Å². The number of carbonyl (C=O) groups is 1. The first kappa shape index (κ1) is 21.6. The van der Waals surface area contributed by atoms with Gasteiger partial charge >= 0.3 is 0 Å². The SMILES string of the molecule is CC(C)(C)c1cc(NC(=O)Cc2ccc(-n3cnc4cc(-c5ccccn5)ccc43)cc2)on1. The van der Waals surface area contributed by atoms with E-state index in [0.717, 1.165) is 39.2 Å². The Morgan fingerprint density at radius 3 is 2.53 bits per heavy atom. The maximum Gasteiger partial charge on any atom is 0.231 e. The molecule has 7 nitrogen and oxygen atoms in total. The Hall–Kier alpha value is -4.26. The first-order valence-electron chi connectivity index (χ1n) is 11.1. The molecule has 0 fully saturated rings. The summed E-state index contributed by atoms with van der Waals surface area (Å²) in [6, 6.07) is 21.7. The number of carbonyl (C=O) groups excluding carboxylic acids is 1. The fourth-order valence-corrected chi connectivity index (χ4v) is 3.74. The van der Waals surface area contributed by atoms with E-state index < -0.39 is 0 Å². The van der Waals surface area contributed by atoms with Crippen molar-refractivity contribution in [3.63, 3.8) is 0 Å². The van der Waals surface area contributed by atoms with Gasteiger partial charge in [-0.2, -0.15) is 0 Å². The number of imidazole rings is 1. The Morgan fingerprint density at radius 1 is 1.00 bits per heavy atom. The molecule has 5 aromatic rings. The van der Waals surface area contributed by atoms with Crippen molar-refractivity contribution in [2.45, 2.75) is 32.6 Å². The zero-order valence-electron chi connectivity index (χ0n) is 19.3. The van der Waals surface area contributed by atoms with E-state index in [2.05, 4.69) is 32.6 Å². The molecule has 34 heavy (non-hydrogen) atoms. The summed E-state index contributed by atoms with van der Waals surface area (Å²) in [5, 5.41) is 6.81. The summed E-state index contributed by atoms with van der Waals surface area (Å²) in [5.41, 5.74) is 6.38. The lowest BCUT2D eigenvalue weighted by Gasteiger charge is -2.12. The van der Waals surface area contributed by atoms with Crippen LogP contribution in [0.15, 0.2) is 83.8 Å². The normalized spacial score (nSPS) is 11.6. The number of benzene rings is 2. The van der Waals surface area contributed by atoms with Gasteiger partial charge in [0.05, 0.1) is 28.8 Å². The Kier molecular flexibility index (Phi) is 5.45. The predicted octanol–water partition coefficient (Wildman–Crippen LogP) is 5.55. The van der Waals surface area contributed by atoms with Crippen LogP contribution in [0.1, 0.15) is 32.0 Å². The van der Waals surface area contributed by atoms with Crippen LogP contribution in [0, 0.1) is 0 Å². The number of fused-ring (bicyclic) bond motifs is 1. The lowest BCUT2D eigenvalue weighted by atomic mass is 9.92. The summed E-state index contributed by atoms with van der Waals surface area (Å²) in [6.07, 6.45) is 3.84. The number of hydrogen-bond donors (Lipinski definition) is 1. The van der Waals surface area contributed by atoms with Crippen molar-refractivity contribution in [1.82, 2.24) is 19.7 Å². The fourth-order valence-electron chi connectivity index (χ4n) is 3.74. The Balaban J connectivity index is 1.29. The average molecular weight is 452 g/mol. The zero-order chi connectivity index (χ0) is 23.7. The number of rotatable bonds is 5. The lowest BCUT2D eigenvalue weighted by molar-refractivity contribution is -0.115. The highest BCUT2D eigenvalue weighted by Gasteiger charge is 2.19. The molecule has 0 saturated carbocycles. The number of hydrogen-bond acceptors (Lipinski definition) is 5.